The maximum Gasteiger partial charge on any atom is 0.259 e. The van der Waals surface area contributed by atoms with Gasteiger partial charge >= 0.3 is 0 Å². The normalized spacial score (nSPS) is 23.2. The van der Waals surface area contributed by atoms with E-state index in [1.165, 1.54) is 0 Å². The van der Waals surface area contributed by atoms with Crippen LogP contribution < -0.4 is 0 Å². The van der Waals surface area contributed by atoms with Crippen LogP contribution in [0.1, 0.15) is 42.1 Å². The van der Waals surface area contributed by atoms with Crippen molar-refractivity contribution in [1.29, 1.82) is 0 Å². The van der Waals surface area contributed by atoms with Crippen LogP contribution in [0.3, 0.4) is 0 Å². The first-order valence-corrected chi connectivity index (χ1v) is 7.25. The third-order valence-corrected chi connectivity index (χ3v) is 4.20. The molecule has 5 heteroatoms. The summed E-state index contributed by atoms with van der Waals surface area (Å²) in [5, 5.41) is 3.97. The van der Waals surface area contributed by atoms with Gasteiger partial charge in [-0.1, -0.05) is 19.0 Å². The van der Waals surface area contributed by atoms with E-state index < -0.39 is 0 Å². The minimum atomic E-state index is 0.0244. The molecule has 0 radical (unpaired) electrons. The largest absolute Gasteiger partial charge is 0.361 e. The van der Waals surface area contributed by atoms with Crippen molar-refractivity contribution in [1.82, 2.24) is 15.0 Å². The molecule has 1 aliphatic rings. The lowest BCUT2D eigenvalue weighted by atomic mass is 9.89. The number of rotatable bonds is 4. The second-order valence-electron chi connectivity index (χ2n) is 6.37. The van der Waals surface area contributed by atoms with Crippen LogP contribution in [0.2, 0.25) is 0 Å². The van der Waals surface area contributed by atoms with Gasteiger partial charge in [-0.2, -0.15) is 0 Å². The van der Waals surface area contributed by atoms with Crippen molar-refractivity contribution in [3.63, 3.8) is 0 Å². The predicted molar refractivity (Wildman–Crippen MR) is 77.8 cm³/mol. The summed E-state index contributed by atoms with van der Waals surface area (Å²) < 4.78 is 5.16. The van der Waals surface area contributed by atoms with Gasteiger partial charge in [0.1, 0.15) is 11.3 Å². The summed E-state index contributed by atoms with van der Waals surface area (Å²) in [6.45, 7) is 8.95. The number of aryl methyl sites for hydroxylation is 2. The molecule has 0 aromatic carbocycles. The van der Waals surface area contributed by atoms with E-state index in [2.05, 4.69) is 24.0 Å². The van der Waals surface area contributed by atoms with Crippen molar-refractivity contribution in [3.8, 4) is 0 Å². The Balaban J connectivity index is 2.11. The van der Waals surface area contributed by atoms with Gasteiger partial charge in [-0.15, -0.1) is 0 Å². The Bertz CT molecular complexity index is 497. The fourth-order valence-corrected chi connectivity index (χ4v) is 3.17. The third kappa shape index (κ3) is 2.87. The molecule has 1 saturated heterocycles. The first kappa shape index (κ1) is 15.0. The van der Waals surface area contributed by atoms with Crippen LogP contribution in [0, 0.1) is 12.3 Å². The van der Waals surface area contributed by atoms with Crippen LogP contribution in [-0.2, 0) is 6.42 Å². The summed E-state index contributed by atoms with van der Waals surface area (Å²) in [6.07, 6.45) is 1.84. The number of nitrogens with zero attached hydrogens (tertiary/aromatic N) is 3. The topological polar surface area (TPSA) is 49.6 Å². The molecule has 0 spiro atoms. The number of likely N-dealkylation sites (tertiary alicyclic amines) is 1. The fourth-order valence-electron chi connectivity index (χ4n) is 3.17. The van der Waals surface area contributed by atoms with Gasteiger partial charge in [-0.3, -0.25) is 4.79 Å². The zero-order valence-corrected chi connectivity index (χ0v) is 13.2. The molecular weight excluding hydrogens is 254 g/mol. The van der Waals surface area contributed by atoms with Crippen LogP contribution in [0.15, 0.2) is 4.52 Å². The maximum absolute atomic E-state index is 12.6. The summed E-state index contributed by atoms with van der Waals surface area (Å²) in [5.74, 6) is 0.642. The Morgan fingerprint density at radius 1 is 1.55 bits per heavy atom. The first-order valence-electron chi connectivity index (χ1n) is 7.25. The standard InChI is InChI=1S/C15H25N3O2/c1-6-12-13(11(2)20-16-12)14(19)18(5)10-15(3)7-8-17(4)9-15/h6-10H2,1-5H3/t15-/m1/s1. The number of carbonyl (C=O) groups is 1. The molecule has 1 amide bonds. The highest BCUT2D eigenvalue weighted by atomic mass is 16.5. The number of amides is 1. The van der Waals surface area contributed by atoms with E-state index in [0.29, 0.717) is 17.7 Å². The molecule has 0 N–H and O–H groups in total. The minimum Gasteiger partial charge on any atom is -0.361 e. The number of aromatic nitrogens is 1. The van der Waals surface area contributed by atoms with Crippen molar-refractivity contribution in [3.05, 3.63) is 17.0 Å². The van der Waals surface area contributed by atoms with Gasteiger partial charge in [0, 0.05) is 20.1 Å². The van der Waals surface area contributed by atoms with E-state index in [9.17, 15) is 4.79 Å². The molecular formula is C15H25N3O2. The number of hydrogen-bond acceptors (Lipinski definition) is 4. The molecule has 1 fully saturated rings. The lowest BCUT2D eigenvalue weighted by molar-refractivity contribution is 0.0727. The van der Waals surface area contributed by atoms with E-state index >= 15 is 0 Å². The molecule has 2 rings (SSSR count). The van der Waals surface area contributed by atoms with Gasteiger partial charge in [-0.05, 0) is 38.8 Å². The molecule has 5 nitrogen and oxygen atoms in total. The van der Waals surface area contributed by atoms with Crippen LogP contribution in [0.5, 0.6) is 0 Å². The second-order valence-corrected chi connectivity index (χ2v) is 6.37. The molecule has 1 atom stereocenters. The minimum absolute atomic E-state index is 0.0244. The average molecular weight is 279 g/mol. The van der Waals surface area contributed by atoms with Crippen LogP contribution in [0.25, 0.3) is 0 Å². The lowest BCUT2D eigenvalue weighted by Gasteiger charge is -2.30. The van der Waals surface area contributed by atoms with E-state index in [-0.39, 0.29) is 11.3 Å². The third-order valence-electron chi connectivity index (χ3n) is 4.20. The molecule has 20 heavy (non-hydrogen) atoms. The van der Waals surface area contributed by atoms with Crippen molar-refractivity contribution >= 4 is 5.91 Å². The zero-order valence-electron chi connectivity index (χ0n) is 13.2. The SMILES string of the molecule is CCc1noc(C)c1C(=O)N(C)C[C@]1(C)CCN(C)C1. The molecule has 0 saturated carbocycles. The highest BCUT2D eigenvalue weighted by Gasteiger charge is 2.35. The first-order chi connectivity index (χ1) is 9.36. The summed E-state index contributed by atoms with van der Waals surface area (Å²) in [6, 6.07) is 0. The zero-order chi connectivity index (χ0) is 14.9. The average Bonchev–Trinajstić information content (AvgIpc) is 2.91. The second kappa shape index (κ2) is 5.56. The smallest absolute Gasteiger partial charge is 0.259 e. The van der Waals surface area contributed by atoms with Crippen molar-refractivity contribution in [2.75, 3.05) is 33.7 Å². The van der Waals surface area contributed by atoms with E-state index in [1.54, 1.807) is 6.92 Å². The molecule has 0 unspecified atom stereocenters. The molecule has 1 aromatic heterocycles. The van der Waals surface area contributed by atoms with Crippen LogP contribution >= 0.6 is 0 Å². The van der Waals surface area contributed by atoms with E-state index in [0.717, 1.165) is 31.7 Å². The summed E-state index contributed by atoms with van der Waals surface area (Å²) in [7, 11) is 4.00. The van der Waals surface area contributed by atoms with Gasteiger partial charge in [0.2, 0.25) is 0 Å². The van der Waals surface area contributed by atoms with Crippen molar-refractivity contribution < 1.29 is 9.32 Å². The quantitative estimate of drug-likeness (QED) is 0.845. The Labute approximate surface area is 120 Å². The molecule has 112 valence electrons. The highest BCUT2D eigenvalue weighted by molar-refractivity contribution is 5.96. The molecule has 1 aliphatic heterocycles. The lowest BCUT2D eigenvalue weighted by Crippen LogP contribution is -2.39. The maximum atomic E-state index is 12.6. The summed E-state index contributed by atoms with van der Waals surface area (Å²) in [4.78, 5) is 16.8. The molecule has 0 aliphatic carbocycles. The Hall–Kier alpha value is -1.36. The number of carbonyl (C=O) groups excluding carboxylic acids is 1. The predicted octanol–water partition coefficient (Wildman–Crippen LogP) is 1.96. The van der Waals surface area contributed by atoms with Gasteiger partial charge in [0.25, 0.3) is 5.91 Å². The van der Waals surface area contributed by atoms with E-state index in [1.807, 2.05) is 18.9 Å². The van der Waals surface area contributed by atoms with Gasteiger partial charge < -0.3 is 14.3 Å². The molecule has 0 bridgehead atoms. The van der Waals surface area contributed by atoms with E-state index in [4.69, 9.17) is 4.52 Å². The molecule has 1 aromatic rings. The van der Waals surface area contributed by atoms with Gasteiger partial charge in [0.15, 0.2) is 0 Å². The van der Waals surface area contributed by atoms with Crippen molar-refractivity contribution in [2.24, 2.45) is 5.41 Å². The fraction of sp³-hybridized carbons (Fsp3) is 0.733. The van der Waals surface area contributed by atoms with Crippen LogP contribution in [0.4, 0.5) is 0 Å². The summed E-state index contributed by atoms with van der Waals surface area (Å²) >= 11 is 0. The van der Waals surface area contributed by atoms with Crippen LogP contribution in [-0.4, -0.2) is 54.6 Å². The Morgan fingerprint density at radius 2 is 2.25 bits per heavy atom. The number of hydrogen-bond donors (Lipinski definition) is 0. The van der Waals surface area contributed by atoms with Gasteiger partial charge in [-0.25, -0.2) is 0 Å². The Kier molecular flexibility index (Phi) is 4.18. The van der Waals surface area contributed by atoms with Gasteiger partial charge in [0.05, 0.1) is 5.69 Å². The molecule has 2 heterocycles. The Morgan fingerprint density at radius 3 is 2.80 bits per heavy atom. The van der Waals surface area contributed by atoms with Crippen molar-refractivity contribution in [2.45, 2.75) is 33.6 Å². The monoisotopic (exact) mass is 279 g/mol. The highest BCUT2D eigenvalue weighted by Crippen LogP contribution is 2.30. The summed E-state index contributed by atoms with van der Waals surface area (Å²) in [5.41, 5.74) is 1.58.